The van der Waals surface area contributed by atoms with Crippen molar-refractivity contribution in [3.63, 3.8) is 0 Å². The van der Waals surface area contributed by atoms with Gasteiger partial charge >= 0.3 is 0 Å². The van der Waals surface area contributed by atoms with Crippen molar-refractivity contribution in [2.24, 2.45) is 5.92 Å². The van der Waals surface area contributed by atoms with Crippen molar-refractivity contribution in [1.82, 2.24) is 9.88 Å². The van der Waals surface area contributed by atoms with E-state index in [2.05, 4.69) is 28.2 Å². The molecule has 1 aromatic rings. The molecular weight excluding hydrogens is 224 g/mol. The molecule has 0 radical (unpaired) electrons. The summed E-state index contributed by atoms with van der Waals surface area (Å²) in [7, 11) is 0. The Labute approximate surface area is 109 Å². The number of pyridine rings is 1. The highest BCUT2D eigenvalue weighted by molar-refractivity contribution is 5.55. The molecule has 1 aliphatic rings. The van der Waals surface area contributed by atoms with Crippen LogP contribution in [0.3, 0.4) is 0 Å². The van der Waals surface area contributed by atoms with Gasteiger partial charge in [-0.05, 0) is 37.9 Å². The summed E-state index contributed by atoms with van der Waals surface area (Å²) in [5.41, 5.74) is 1.51. The van der Waals surface area contributed by atoms with E-state index in [1.807, 2.05) is 0 Å². The molecule has 0 bridgehead atoms. The molecule has 4 heteroatoms. The Hall–Kier alpha value is -1.60. The zero-order valence-corrected chi connectivity index (χ0v) is 10.9. The highest BCUT2D eigenvalue weighted by atomic mass is 15.1. The van der Waals surface area contributed by atoms with Gasteiger partial charge in [-0.15, -0.1) is 0 Å². The van der Waals surface area contributed by atoms with Crippen molar-refractivity contribution in [3.05, 3.63) is 24.0 Å². The fraction of sp³-hybridized carbons (Fsp3) is 0.571. The van der Waals surface area contributed by atoms with Crippen LogP contribution in [0.4, 0.5) is 5.69 Å². The third kappa shape index (κ3) is 3.44. The van der Waals surface area contributed by atoms with Crippen LogP contribution in [0.1, 0.15) is 25.3 Å². The first-order valence-corrected chi connectivity index (χ1v) is 6.60. The number of nitrogens with one attached hydrogen (secondary N) is 1. The van der Waals surface area contributed by atoms with Crippen LogP contribution in [0.15, 0.2) is 18.5 Å². The number of nitriles is 1. The Morgan fingerprint density at radius 1 is 1.50 bits per heavy atom. The van der Waals surface area contributed by atoms with Gasteiger partial charge in [0.2, 0.25) is 0 Å². The highest BCUT2D eigenvalue weighted by Gasteiger charge is 2.14. The number of nitrogens with zero attached hydrogens (tertiary/aromatic N) is 3. The number of likely N-dealkylation sites (tertiary alicyclic amines) is 1. The van der Waals surface area contributed by atoms with E-state index in [4.69, 9.17) is 5.26 Å². The monoisotopic (exact) mass is 244 g/mol. The zero-order chi connectivity index (χ0) is 12.8. The molecule has 1 N–H and O–H groups in total. The van der Waals surface area contributed by atoms with E-state index in [0.29, 0.717) is 11.5 Å². The Morgan fingerprint density at radius 3 is 3.00 bits per heavy atom. The van der Waals surface area contributed by atoms with Gasteiger partial charge in [0, 0.05) is 19.3 Å². The van der Waals surface area contributed by atoms with Gasteiger partial charge in [-0.3, -0.25) is 4.98 Å². The lowest BCUT2D eigenvalue weighted by Gasteiger charge is -2.21. The summed E-state index contributed by atoms with van der Waals surface area (Å²) in [5.74, 6) is 0.579. The zero-order valence-electron chi connectivity index (χ0n) is 10.9. The molecule has 2 rings (SSSR count). The first-order chi connectivity index (χ1) is 8.79. The Kier molecular flexibility index (Phi) is 4.54. The molecular formula is C14H20N4. The fourth-order valence-electron chi connectivity index (χ4n) is 2.39. The van der Waals surface area contributed by atoms with Crippen LogP contribution in [-0.4, -0.2) is 36.1 Å². The smallest absolute Gasteiger partial charge is 0.101 e. The van der Waals surface area contributed by atoms with Gasteiger partial charge in [0.15, 0.2) is 0 Å². The standard InChI is InChI=1S/C14H20N4/c1-12(11-18-6-2-3-7-18)9-17-14-10-16-5-4-13(14)8-15/h4-5,10,12,17H,2-3,6-7,9,11H2,1H3. The van der Waals surface area contributed by atoms with Crippen molar-refractivity contribution >= 4 is 5.69 Å². The highest BCUT2D eigenvalue weighted by Crippen LogP contribution is 2.14. The molecule has 4 nitrogen and oxygen atoms in total. The summed E-state index contributed by atoms with van der Waals surface area (Å²) in [6.07, 6.45) is 6.04. The quantitative estimate of drug-likeness (QED) is 0.861. The molecule has 0 saturated carbocycles. The predicted molar refractivity (Wildman–Crippen MR) is 72.3 cm³/mol. The van der Waals surface area contributed by atoms with Gasteiger partial charge in [-0.2, -0.15) is 5.26 Å². The van der Waals surface area contributed by atoms with E-state index in [9.17, 15) is 0 Å². The summed E-state index contributed by atoms with van der Waals surface area (Å²) in [5, 5.41) is 12.3. The average Bonchev–Trinajstić information content (AvgIpc) is 2.89. The minimum atomic E-state index is 0.579. The van der Waals surface area contributed by atoms with Crippen LogP contribution in [-0.2, 0) is 0 Å². The number of hydrogen-bond donors (Lipinski definition) is 1. The van der Waals surface area contributed by atoms with Gasteiger partial charge < -0.3 is 10.2 Å². The molecule has 1 unspecified atom stereocenters. The summed E-state index contributed by atoms with van der Waals surface area (Å²) in [4.78, 5) is 6.57. The molecule has 1 aromatic heterocycles. The van der Waals surface area contributed by atoms with Gasteiger partial charge in [-0.1, -0.05) is 6.92 Å². The second kappa shape index (κ2) is 6.36. The number of aromatic nitrogens is 1. The second-order valence-corrected chi connectivity index (χ2v) is 5.03. The van der Waals surface area contributed by atoms with E-state index in [1.165, 1.54) is 25.9 Å². The third-order valence-corrected chi connectivity index (χ3v) is 3.35. The maximum Gasteiger partial charge on any atom is 0.101 e. The van der Waals surface area contributed by atoms with Crippen molar-refractivity contribution < 1.29 is 0 Å². The minimum Gasteiger partial charge on any atom is -0.382 e. The normalized spacial score (nSPS) is 17.3. The first-order valence-electron chi connectivity index (χ1n) is 6.60. The molecule has 18 heavy (non-hydrogen) atoms. The second-order valence-electron chi connectivity index (χ2n) is 5.03. The maximum absolute atomic E-state index is 8.99. The van der Waals surface area contributed by atoms with Gasteiger partial charge in [0.25, 0.3) is 0 Å². The summed E-state index contributed by atoms with van der Waals surface area (Å²) < 4.78 is 0. The van der Waals surface area contributed by atoms with Crippen molar-refractivity contribution in [1.29, 1.82) is 5.26 Å². The molecule has 1 saturated heterocycles. The van der Waals surface area contributed by atoms with Crippen molar-refractivity contribution in [2.45, 2.75) is 19.8 Å². The lowest BCUT2D eigenvalue weighted by molar-refractivity contribution is 0.294. The maximum atomic E-state index is 8.99. The minimum absolute atomic E-state index is 0.579. The van der Waals surface area contributed by atoms with Gasteiger partial charge in [0.05, 0.1) is 17.4 Å². The van der Waals surface area contributed by atoms with Crippen LogP contribution in [0, 0.1) is 17.2 Å². The predicted octanol–water partition coefficient (Wildman–Crippen LogP) is 2.10. The van der Waals surface area contributed by atoms with E-state index in [-0.39, 0.29) is 0 Å². The molecule has 0 spiro atoms. The van der Waals surface area contributed by atoms with Gasteiger partial charge in [0.1, 0.15) is 6.07 Å². The first kappa shape index (κ1) is 12.8. The lowest BCUT2D eigenvalue weighted by Crippen LogP contribution is -2.29. The SMILES string of the molecule is CC(CNc1cnccc1C#N)CN1CCCC1. The molecule has 2 heterocycles. The van der Waals surface area contributed by atoms with Crippen LogP contribution >= 0.6 is 0 Å². The number of anilines is 1. The molecule has 1 fully saturated rings. The average molecular weight is 244 g/mol. The Balaban J connectivity index is 1.81. The number of rotatable bonds is 5. The molecule has 0 amide bonds. The van der Waals surface area contributed by atoms with E-state index >= 15 is 0 Å². The summed E-state index contributed by atoms with van der Waals surface area (Å²) >= 11 is 0. The van der Waals surface area contributed by atoms with E-state index in [0.717, 1.165) is 18.8 Å². The fourth-order valence-corrected chi connectivity index (χ4v) is 2.39. The van der Waals surface area contributed by atoms with Crippen LogP contribution in [0.5, 0.6) is 0 Å². The molecule has 96 valence electrons. The molecule has 1 aliphatic heterocycles. The van der Waals surface area contributed by atoms with E-state index in [1.54, 1.807) is 18.5 Å². The Bertz CT molecular complexity index is 418. The third-order valence-electron chi connectivity index (χ3n) is 3.35. The Morgan fingerprint density at radius 2 is 2.28 bits per heavy atom. The van der Waals surface area contributed by atoms with Crippen molar-refractivity contribution in [2.75, 3.05) is 31.5 Å². The molecule has 0 aromatic carbocycles. The topological polar surface area (TPSA) is 52.0 Å². The number of hydrogen-bond acceptors (Lipinski definition) is 4. The summed E-state index contributed by atoms with van der Waals surface area (Å²) in [6.45, 7) is 6.74. The van der Waals surface area contributed by atoms with Crippen LogP contribution in [0.2, 0.25) is 0 Å². The van der Waals surface area contributed by atoms with Crippen LogP contribution < -0.4 is 5.32 Å². The molecule has 0 aliphatic carbocycles. The van der Waals surface area contributed by atoms with Crippen LogP contribution in [0.25, 0.3) is 0 Å². The largest absolute Gasteiger partial charge is 0.382 e. The van der Waals surface area contributed by atoms with E-state index < -0.39 is 0 Å². The van der Waals surface area contributed by atoms with Gasteiger partial charge in [-0.25, -0.2) is 0 Å². The van der Waals surface area contributed by atoms with Crippen molar-refractivity contribution in [3.8, 4) is 6.07 Å². The molecule has 1 atom stereocenters. The lowest BCUT2D eigenvalue weighted by atomic mass is 10.1. The summed E-state index contributed by atoms with van der Waals surface area (Å²) in [6, 6.07) is 3.92.